The molecular formula is C18H13NO5. The third-order valence-electron chi connectivity index (χ3n) is 3.62. The molecule has 24 heavy (non-hydrogen) atoms. The third kappa shape index (κ3) is 2.94. The molecule has 0 aromatic heterocycles. The SMILES string of the molecule is O=Cc1ccc(OC(=O)c2ccccc2)c(N2C(=O)CCC2=O)c1. The van der Waals surface area contributed by atoms with Gasteiger partial charge in [0.2, 0.25) is 11.8 Å². The zero-order valence-electron chi connectivity index (χ0n) is 12.6. The van der Waals surface area contributed by atoms with Gasteiger partial charge >= 0.3 is 5.97 Å². The standard InChI is InChI=1S/C18H13NO5/c20-11-12-6-7-15(24-18(23)13-4-2-1-3-5-13)14(10-12)19-16(21)8-9-17(19)22/h1-7,10-11H,8-9H2. The largest absolute Gasteiger partial charge is 0.421 e. The number of carbonyl (C=O) groups excluding carboxylic acids is 4. The fourth-order valence-corrected chi connectivity index (χ4v) is 2.45. The molecule has 0 saturated carbocycles. The average Bonchev–Trinajstić information content (AvgIpc) is 2.94. The van der Waals surface area contributed by atoms with E-state index in [-0.39, 0.29) is 41.7 Å². The molecule has 1 fully saturated rings. The summed E-state index contributed by atoms with van der Waals surface area (Å²) < 4.78 is 5.34. The Morgan fingerprint density at radius 2 is 1.67 bits per heavy atom. The van der Waals surface area contributed by atoms with Crippen LogP contribution in [0.25, 0.3) is 0 Å². The van der Waals surface area contributed by atoms with E-state index in [1.807, 2.05) is 0 Å². The molecular weight excluding hydrogens is 310 g/mol. The predicted octanol–water partition coefficient (Wildman–Crippen LogP) is 2.37. The van der Waals surface area contributed by atoms with Crippen LogP contribution in [0, 0.1) is 0 Å². The predicted molar refractivity (Wildman–Crippen MR) is 85.0 cm³/mol. The zero-order chi connectivity index (χ0) is 17.1. The lowest BCUT2D eigenvalue weighted by molar-refractivity contribution is -0.121. The third-order valence-corrected chi connectivity index (χ3v) is 3.62. The van der Waals surface area contributed by atoms with E-state index in [2.05, 4.69) is 0 Å². The van der Waals surface area contributed by atoms with Crippen molar-refractivity contribution >= 4 is 29.8 Å². The van der Waals surface area contributed by atoms with Gasteiger partial charge in [-0.2, -0.15) is 0 Å². The number of ether oxygens (including phenoxy) is 1. The molecule has 120 valence electrons. The van der Waals surface area contributed by atoms with Gasteiger partial charge in [0.05, 0.1) is 11.3 Å². The van der Waals surface area contributed by atoms with Crippen molar-refractivity contribution in [2.45, 2.75) is 12.8 Å². The van der Waals surface area contributed by atoms with Crippen LogP contribution in [0.5, 0.6) is 5.75 Å². The average molecular weight is 323 g/mol. The summed E-state index contributed by atoms with van der Waals surface area (Å²) in [5.74, 6) is -1.34. The summed E-state index contributed by atoms with van der Waals surface area (Å²) >= 11 is 0. The topological polar surface area (TPSA) is 80.8 Å². The van der Waals surface area contributed by atoms with Crippen molar-refractivity contribution in [1.82, 2.24) is 0 Å². The van der Waals surface area contributed by atoms with Gasteiger partial charge in [-0.15, -0.1) is 0 Å². The van der Waals surface area contributed by atoms with Crippen molar-refractivity contribution < 1.29 is 23.9 Å². The number of carbonyl (C=O) groups is 4. The number of hydrogen-bond acceptors (Lipinski definition) is 5. The summed E-state index contributed by atoms with van der Waals surface area (Å²) in [6.45, 7) is 0. The summed E-state index contributed by atoms with van der Waals surface area (Å²) in [7, 11) is 0. The van der Waals surface area contributed by atoms with Crippen LogP contribution in [0.2, 0.25) is 0 Å². The molecule has 2 aromatic carbocycles. The fourth-order valence-electron chi connectivity index (χ4n) is 2.45. The van der Waals surface area contributed by atoms with Gasteiger partial charge in [-0.25, -0.2) is 9.69 Å². The molecule has 0 radical (unpaired) electrons. The van der Waals surface area contributed by atoms with Gasteiger partial charge in [-0.05, 0) is 30.3 Å². The van der Waals surface area contributed by atoms with Crippen LogP contribution in [0.4, 0.5) is 5.69 Å². The van der Waals surface area contributed by atoms with Crippen LogP contribution >= 0.6 is 0 Å². The minimum absolute atomic E-state index is 0.0538. The van der Waals surface area contributed by atoms with E-state index in [9.17, 15) is 19.2 Å². The maximum Gasteiger partial charge on any atom is 0.343 e. The van der Waals surface area contributed by atoms with E-state index in [0.717, 1.165) is 4.90 Å². The summed E-state index contributed by atoms with van der Waals surface area (Å²) in [5, 5.41) is 0. The first-order chi connectivity index (χ1) is 11.6. The Bertz CT molecular complexity index is 813. The highest BCUT2D eigenvalue weighted by molar-refractivity contribution is 6.20. The zero-order valence-corrected chi connectivity index (χ0v) is 12.6. The molecule has 0 bridgehead atoms. The summed E-state index contributed by atoms with van der Waals surface area (Å²) in [6.07, 6.45) is 0.782. The van der Waals surface area contributed by atoms with E-state index in [4.69, 9.17) is 4.74 Å². The van der Waals surface area contributed by atoms with Crippen LogP contribution in [-0.4, -0.2) is 24.1 Å². The molecule has 3 rings (SSSR count). The van der Waals surface area contributed by atoms with E-state index in [1.165, 1.54) is 18.2 Å². The van der Waals surface area contributed by atoms with Crippen molar-refractivity contribution in [2.75, 3.05) is 4.90 Å². The Balaban J connectivity index is 1.98. The van der Waals surface area contributed by atoms with Gasteiger partial charge in [0.1, 0.15) is 6.29 Å². The maximum absolute atomic E-state index is 12.2. The minimum Gasteiger partial charge on any atom is -0.421 e. The highest BCUT2D eigenvalue weighted by Crippen LogP contribution is 2.33. The summed E-state index contributed by atoms with van der Waals surface area (Å²) in [4.78, 5) is 48.1. The van der Waals surface area contributed by atoms with Gasteiger partial charge in [0.15, 0.2) is 5.75 Å². The number of nitrogens with zero attached hydrogens (tertiary/aromatic N) is 1. The van der Waals surface area contributed by atoms with Gasteiger partial charge in [-0.1, -0.05) is 18.2 Å². The van der Waals surface area contributed by atoms with Crippen molar-refractivity contribution in [3.05, 3.63) is 59.7 Å². The second-order valence-electron chi connectivity index (χ2n) is 5.22. The Kier molecular flexibility index (Phi) is 4.20. The summed E-state index contributed by atoms with van der Waals surface area (Å²) in [6, 6.07) is 12.6. The van der Waals surface area contributed by atoms with Gasteiger partial charge in [0, 0.05) is 18.4 Å². The first-order valence-electron chi connectivity index (χ1n) is 7.32. The Labute approximate surface area is 137 Å². The molecule has 0 N–H and O–H groups in total. The normalized spacial score (nSPS) is 13.9. The van der Waals surface area contributed by atoms with E-state index in [0.29, 0.717) is 11.8 Å². The quantitative estimate of drug-likeness (QED) is 0.373. The Hall–Kier alpha value is -3.28. The van der Waals surface area contributed by atoms with Crippen molar-refractivity contribution in [1.29, 1.82) is 0 Å². The van der Waals surface area contributed by atoms with E-state index < -0.39 is 5.97 Å². The van der Waals surface area contributed by atoms with Crippen LogP contribution in [0.1, 0.15) is 33.6 Å². The molecule has 2 amide bonds. The lowest BCUT2D eigenvalue weighted by Crippen LogP contribution is -2.29. The van der Waals surface area contributed by atoms with Gasteiger partial charge in [-0.3, -0.25) is 14.4 Å². The van der Waals surface area contributed by atoms with E-state index in [1.54, 1.807) is 30.3 Å². The Morgan fingerprint density at radius 3 is 2.29 bits per heavy atom. The minimum atomic E-state index is -0.616. The van der Waals surface area contributed by atoms with Crippen LogP contribution < -0.4 is 9.64 Å². The lowest BCUT2D eigenvalue weighted by Gasteiger charge is -2.18. The number of aldehydes is 1. The molecule has 6 heteroatoms. The van der Waals surface area contributed by atoms with Crippen LogP contribution in [0.3, 0.4) is 0 Å². The Morgan fingerprint density at radius 1 is 1.00 bits per heavy atom. The molecule has 2 aromatic rings. The molecule has 0 unspecified atom stereocenters. The number of rotatable bonds is 4. The van der Waals surface area contributed by atoms with Crippen LogP contribution in [-0.2, 0) is 9.59 Å². The number of imide groups is 1. The number of amides is 2. The summed E-state index contributed by atoms with van der Waals surface area (Å²) in [5.41, 5.74) is 0.718. The fraction of sp³-hybridized carbons (Fsp3) is 0.111. The van der Waals surface area contributed by atoms with Gasteiger partial charge < -0.3 is 4.74 Å². The second kappa shape index (κ2) is 6.45. The molecule has 1 heterocycles. The smallest absolute Gasteiger partial charge is 0.343 e. The van der Waals surface area contributed by atoms with Gasteiger partial charge in [0.25, 0.3) is 0 Å². The molecule has 0 atom stereocenters. The number of hydrogen-bond donors (Lipinski definition) is 0. The number of anilines is 1. The highest BCUT2D eigenvalue weighted by atomic mass is 16.5. The molecule has 1 saturated heterocycles. The van der Waals surface area contributed by atoms with Crippen molar-refractivity contribution in [2.24, 2.45) is 0 Å². The lowest BCUT2D eigenvalue weighted by atomic mass is 10.2. The monoisotopic (exact) mass is 323 g/mol. The first kappa shape index (κ1) is 15.6. The molecule has 1 aliphatic heterocycles. The van der Waals surface area contributed by atoms with Crippen molar-refractivity contribution in [3.63, 3.8) is 0 Å². The van der Waals surface area contributed by atoms with E-state index >= 15 is 0 Å². The number of benzene rings is 2. The number of esters is 1. The first-order valence-corrected chi connectivity index (χ1v) is 7.32. The molecule has 6 nitrogen and oxygen atoms in total. The van der Waals surface area contributed by atoms with Crippen LogP contribution in [0.15, 0.2) is 48.5 Å². The highest BCUT2D eigenvalue weighted by Gasteiger charge is 2.33. The maximum atomic E-state index is 12.2. The second-order valence-corrected chi connectivity index (χ2v) is 5.22. The van der Waals surface area contributed by atoms with Crippen molar-refractivity contribution in [3.8, 4) is 5.75 Å². The molecule has 0 spiro atoms. The molecule has 1 aliphatic rings. The molecule has 0 aliphatic carbocycles.